The highest BCUT2D eigenvalue weighted by atomic mass is 16.5. The van der Waals surface area contributed by atoms with Crippen molar-refractivity contribution in [3.63, 3.8) is 0 Å². The number of amides is 2. The number of carbonyl (C=O) groups is 2. The number of hydrogen-bond donors (Lipinski definition) is 1. The Morgan fingerprint density at radius 2 is 2.00 bits per heavy atom. The van der Waals surface area contributed by atoms with Crippen molar-refractivity contribution < 1.29 is 14.3 Å². The molecule has 5 nitrogen and oxygen atoms in total. The molecule has 0 saturated heterocycles. The third-order valence-corrected chi connectivity index (χ3v) is 4.89. The van der Waals surface area contributed by atoms with Crippen molar-refractivity contribution >= 4 is 17.5 Å². The Balaban J connectivity index is 1.55. The van der Waals surface area contributed by atoms with Crippen LogP contribution in [0.2, 0.25) is 0 Å². The van der Waals surface area contributed by atoms with Crippen LogP contribution in [0.15, 0.2) is 42.5 Å². The van der Waals surface area contributed by atoms with E-state index in [1.54, 1.807) is 0 Å². The van der Waals surface area contributed by atoms with Crippen LogP contribution in [0.3, 0.4) is 0 Å². The van der Waals surface area contributed by atoms with Crippen LogP contribution in [0.1, 0.15) is 29.5 Å². The lowest BCUT2D eigenvalue weighted by Gasteiger charge is -2.31. The van der Waals surface area contributed by atoms with Crippen molar-refractivity contribution in [1.82, 2.24) is 4.90 Å². The smallest absolute Gasteiger partial charge is 0.234 e. The molecule has 2 aliphatic rings. The van der Waals surface area contributed by atoms with E-state index >= 15 is 0 Å². The molecule has 4 rings (SSSR count). The Kier molecular flexibility index (Phi) is 3.92. The molecule has 128 valence electrons. The molecule has 25 heavy (non-hydrogen) atoms. The van der Waals surface area contributed by atoms with Gasteiger partial charge in [0.05, 0.1) is 0 Å². The summed E-state index contributed by atoms with van der Waals surface area (Å²) in [5.74, 6) is 0.620. The highest BCUT2D eigenvalue weighted by Crippen LogP contribution is 2.36. The average molecular weight is 336 g/mol. The molecule has 1 N–H and O–H groups in total. The van der Waals surface area contributed by atoms with E-state index in [1.165, 1.54) is 6.92 Å². The molecular weight excluding hydrogens is 316 g/mol. The summed E-state index contributed by atoms with van der Waals surface area (Å²) in [6.45, 7) is 3.14. The molecule has 0 radical (unpaired) electrons. The van der Waals surface area contributed by atoms with Gasteiger partial charge in [-0.1, -0.05) is 30.3 Å². The zero-order valence-corrected chi connectivity index (χ0v) is 14.1. The number of hydrogen-bond acceptors (Lipinski definition) is 3. The number of para-hydroxylation sites is 1. The topological polar surface area (TPSA) is 58.6 Å². The monoisotopic (exact) mass is 336 g/mol. The van der Waals surface area contributed by atoms with Crippen molar-refractivity contribution in [1.29, 1.82) is 0 Å². The van der Waals surface area contributed by atoms with Gasteiger partial charge in [0.25, 0.3) is 0 Å². The number of rotatable bonds is 2. The summed E-state index contributed by atoms with van der Waals surface area (Å²) >= 11 is 0. The Hall–Kier alpha value is -2.82. The summed E-state index contributed by atoms with van der Waals surface area (Å²) in [7, 11) is 0. The first-order chi connectivity index (χ1) is 12.1. The van der Waals surface area contributed by atoms with Crippen LogP contribution in [0.25, 0.3) is 0 Å². The number of benzene rings is 2. The van der Waals surface area contributed by atoms with Crippen molar-refractivity contribution in [2.24, 2.45) is 0 Å². The molecule has 2 aromatic rings. The van der Waals surface area contributed by atoms with Gasteiger partial charge in [0, 0.05) is 31.3 Å². The van der Waals surface area contributed by atoms with Crippen LogP contribution in [-0.4, -0.2) is 29.9 Å². The van der Waals surface area contributed by atoms with Gasteiger partial charge in [0.15, 0.2) is 0 Å². The number of nitrogens with one attached hydrogen (secondary N) is 1. The van der Waals surface area contributed by atoms with Crippen molar-refractivity contribution in [3.8, 4) is 5.75 Å². The minimum atomic E-state index is -0.226. The maximum Gasteiger partial charge on any atom is 0.234 e. The Labute approximate surface area is 146 Å². The van der Waals surface area contributed by atoms with E-state index in [0.717, 1.165) is 34.5 Å². The molecule has 0 aromatic heterocycles. The fourth-order valence-corrected chi connectivity index (χ4v) is 3.69. The second kappa shape index (κ2) is 6.24. The third-order valence-electron chi connectivity index (χ3n) is 4.89. The lowest BCUT2D eigenvalue weighted by molar-refractivity contribution is -0.134. The van der Waals surface area contributed by atoms with E-state index in [4.69, 9.17) is 4.74 Å². The molecule has 2 aromatic carbocycles. The van der Waals surface area contributed by atoms with Gasteiger partial charge in [0.1, 0.15) is 18.3 Å². The fourth-order valence-electron chi connectivity index (χ4n) is 3.69. The van der Waals surface area contributed by atoms with E-state index in [0.29, 0.717) is 19.7 Å². The van der Waals surface area contributed by atoms with E-state index < -0.39 is 0 Å². The summed E-state index contributed by atoms with van der Waals surface area (Å²) in [5.41, 5.74) is 4.06. The van der Waals surface area contributed by atoms with E-state index in [2.05, 4.69) is 5.32 Å². The lowest BCUT2D eigenvalue weighted by Crippen LogP contribution is -2.39. The predicted octanol–water partition coefficient (Wildman–Crippen LogP) is 2.71. The third kappa shape index (κ3) is 2.86. The van der Waals surface area contributed by atoms with Crippen LogP contribution in [-0.2, 0) is 22.6 Å². The Morgan fingerprint density at radius 1 is 1.16 bits per heavy atom. The predicted molar refractivity (Wildman–Crippen MR) is 94.5 cm³/mol. The standard InChI is InChI=1S/C20H20N2O3/c1-13(23)21-18-7-4-5-14-11-22(10-9-15(14)18)20(24)17-12-25-19-8-3-2-6-16(17)19/h2-8,17H,9-12H2,1H3,(H,21,23)/t17-/m1/s1. The van der Waals surface area contributed by atoms with Crippen LogP contribution >= 0.6 is 0 Å². The molecule has 5 heteroatoms. The Bertz CT molecular complexity index is 847. The normalized spacial score (nSPS) is 18.1. The molecule has 0 aliphatic carbocycles. The number of fused-ring (bicyclic) bond motifs is 2. The molecule has 1 atom stereocenters. The number of anilines is 1. The molecule has 0 unspecified atom stereocenters. The van der Waals surface area contributed by atoms with Gasteiger partial charge in [-0.05, 0) is 29.7 Å². The van der Waals surface area contributed by atoms with Crippen LogP contribution in [0.5, 0.6) is 5.75 Å². The van der Waals surface area contributed by atoms with Gasteiger partial charge in [-0.2, -0.15) is 0 Å². The lowest BCUT2D eigenvalue weighted by atomic mass is 9.94. The van der Waals surface area contributed by atoms with Crippen LogP contribution < -0.4 is 10.1 Å². The van der Waals surface area contributed by atoms with Crippen LogP contribution in [0.4, 0.5) is 5.69 Å². The van der Waals surface area contributed by atoms with Gasteiger partial charge < -0.3 is 15.0 Å². The van der Waals surface area contributed by atoms with Crippen molar-refractivity contribution in [3.05, 3.63) is 59.2 Å². The number of nitrogens with zero attached hydrogens (tertiary/aromatic N) is 1. The fraction of sp³-hybridized carbons (Fsp3) is 0.300. The summed E-state index contributed by atoms with van der Waals surface area (Å²) in [5, 5.41) is 2.88. The Morgan fingerprint density at radius 3 is 2.84 bits per heavy atom. The van der Waals surface area contributed by atoms with E-state index in [1.807, 2.05) is 47.4 Å². The SMILES string of the molecule is CC(=O)Nc1cccc2c1CCN(C(=O)[C@@H]1COc3ccccc31)C2. The maximum atomic E-state index is 13.0. The zero-order chi connectivity index (χ0) is 17.4. The van der Waals surface area contributed by atoms with Gasteiger partial charge >= 0.3 is 0 Å². The highest BCUT2D eigenvalue weighted by molar-refractivity contribution is 5.90. The van der Waals surface area contributed by atoms with Gasteiger partial charge in [-0.3, -0.25) is 9.59 Å². The summed E-state index contributed by atoms with van der Waals surface area (Å²) in [4.78, 5) is 26.3. The minimum absolute atomic E-state index is 0.0772. The second-order valence-corrected chi connectivity index (χ2v) is 6.54. The summed E-state index contributed by atoms with van der Waals surface area (Å²) in [6.07, 6.45) is 0.743. The first-order valence-electron chi connectivity index (χ1n) is 8.52. The molecule has 2 aliphatic heterocycles. The quantitative estimate of drug-likeness (QED) is 0.917. The van der Waals surface area contributed by atoms with Gasteiger partial charge in [0.2, 0.25) is 11.8 Å². The van der Waals surface area contributed by atoms with Gasteiger partial charge in [-0.25, -0.2) is 0 Å². The number of ether oxygens (including phenoxy) is 1. The minimum Gasteiger partial charge on any atom is -0.492 e. The summed E-state index contributed by atoms with van der Waals surface area (Å²) < 4.78 is 5.66. The van der Waals surface area contributed by atoms with Crippen LogP contribution in [0, 0.1) is 0 Å². The number of carbonyl (C=O) groups excluding carboxylic acids is 2. The van der Waals surface area contributed by atoms with Crippen molar-refractivity contribution in [2.45, 2.75) is 25.8 Å². The average Bonchev–Trinajstić information content (AvgIpc) is 3.04. The molecular formula is C20H20N2O3. The molecule has 0 saturated carbocycles. The molecule has 2 heterocycles. The molecule has 0 bridgehead atoms. The largest absolute Gasteiger partial charge is 0.492 e. The maximum absolute atomic E-state index is 13.0. The van der Waals surface area contributed by atoms with E-state index in [9.17, 15) is 9.59 Å². The van der Waals surface area contributed by atoms with E-state index in [-0.39, 0.29) is 17.7 Å². The highest BCUT2D eigenvalue weighted by Gasteiger charge is 2.34. The molecule has 0 fully saturated rings. The first-order valence-corrected chi connectivity index (χ1v) is 8.52. The summed E-state index contributed by atoms with van der Waals surface area (Å²) in [6, 6.07) is 13.6. The molecule has 2 amide bonds. The molecule has 0 spiro atoms. The van der Waals surface area contributed by atoms with Gasteiger partial charge in [-0.15, -0.1) is 0 Å². The second-order valence-electron chi connectivity index (χ2n) is 6.54. The first kappa shape index (κ1) is 15.7. The van der Waals surface area contributed by atoms with Crippen molar-refractivity contribution in [2.75, 3.05) is 18.5 Å². The zero-order valence-electron chi connectivity index (χ0n) is 14.1.